The highest BCUT2D eigenvalue weighted by Crippen LogP contribution is 2.20. The molecule has 1 atom stereocenters. The van der Waals surface area contributed by atoms with E-state index in [1.165, 1.54) is 17.2 Å². The quantitative estimate of drug-likeness (QED) is 0.907. The Kier molecular flexibility index (Phi) is 4.84. The Balaban J connectivity index is 2.12. The number of amides is 1. The monoisotopic (exact) mass is 286 g/mol. The number of carbonyl (C=O) groups excluding carboxylic acids is 1. The van der Waals surface area contributed by atoms with Gasteiger partial charge in [-0.25, -0.2) is 13.8 Å². The Morgan fingerprint density at radius 2 is 2.40 bits per heavy atom. The molecule has 1 amide bonds. The van der Waals surface area contributed by atoms with Crippen LogP contribution in [0.25, 0.3) is 0 Å². The van der Waals surface area contributed by atoms with Crippen molar-refractivity contribution in [2.75, 3.05) is 19.7 Å². The Morgan fingerprint density at radius 1 is 1.60 bits per heavy atom. The first-order valence-corrected chi connectivity index (χ1v) is 6.41. The highest BCUT2D eigenvalue weighted by Gasteiger charge is 2.25. The fourth-order valence-corrected chi connectivity index (χ4v) is 2.12. The number of β-amino-alcohol motifs (C(OH)–C–C–N with tert-alkyl or cyclic N) is 1. The zero-order valence-electron chi connectivity index (χ0n) is 10.8. The first-order valence-electron chi connectivity index (χ1n) is 6.41. The minimum absolute atomic E-state index is 0.0992. The molecule has 1 N–H and O–H groups in total. The topological polar surface area (TPSA) is 62.7 Å². The Labute approximate surface area is 115 Å². The van der Waals surface area contributed by atoms with Crippen molar-refractivity contribution in [3.05, 3.63) is 23.9 Å². The van der Waals surface area contributed by atoms with Gasteiger partial charge in [0.05, 0.1) is 6.10 Å². The van der Waals surface area contributed by atoms with Gasteiger partial charge in [0, 0.05) is 19.3 Å². The standard InChI is InChI=1S/C13H16F2N2O3/c14-11(15)8-20-12-10(4-1-5-16-12)13(19)17-6-2-3-9(18)7-17/h1,4-5,9,11,18H,2-3,6-8H2. The largest absolute Gasteiger partial charge is 0.471 e. The van der Waals surface area contributed by atoms with Gasteiger partial charge in [0.2, 0.25) is 5.88 Å². The number of nitrogens with zero attached hydrogens (tertiary/aromatic N) is 2. The van der Waals surface area contributed by atoms with Gasteiger partial charge < -0.3 is 14.7 Å². The Hall–Kier alpha value is -1.76. The molecular formula is C13H16F2N2O3. The molecule has 7 heteroatoms. The molecule has 1 aromatic heterocycles. The van der Waals surface area contributed by atoms with Crippen LogP contribution in [0.5, 0.6) is 5.88 Å². The molecule has 1 unspecified atom stereocenters. The summed E-state index contributed by atoms with van der Waals surface area (Å²) in [5, 5.41) is 9.58. The van der Waals surface area contributed by atoms with Crippen LogP contribution in [0.4, 0.5) is 8.78 Å². The number of rotatable bonds is 4. The molecule has 1 aliphatic rings. The third kappa shape index (κ3) is 3.63. The summed E-state index contributed by atoms with van der Waals surface area (Å²) in [6.07, 6.45) is -0.430. The van der Waals surface area contributed by atoms with E-state index in [1.54, 1.807) is 6.07 Å². The number of pyridine rings is 1. The number of aliphatic hydroxyl groups is 1. The van der Waals surface area contributed by atoms with Crippen LogP contribution in [0.3, 0.4) is 0 Å². The summed E-state index contributed by atoms with van der Waals surface area (Å²) in [7, 11) is 0. The second kappa shape index (κ2) is 6.60. The number of alkyl halides is 2. The first-order chi connectivity index (χ1) is 9.58. The van der Waals surface area contributed by atoms with Gasteiger partial charge >= 0.3 is 0 Å². The van der Waals surface area contributed by atoms with Crippen LogP contribution in [0.1, 0.15) is 23.2 Å². The maximum Gasteiger partial charge on any atom is 0.272 e. The van der Waals surface area contributed by atoms with Gasteiger partial charge in [-0.2, -0.15) is 0 Å². The van der Waals surface area contributed by atoms with E-state index in [1.807, 2.05) is 0 Å². The number of hydrogen-bond acceptors (Lipinski definition) is 4. The van der Waals surface area contributed by atoms with Crippen LogP contribution in [-0.2, 0) is 0 Å². The van der Waals surface area contributed by atoms with Crippen molar-refractivity contribution < 1.29 is 23.4 Å². The van der Waals surface area contributed by atoms with E-state index >= 15 is 0 Å². The number of likely N-dealkylation sites (tertiary alicyclic amines) is 1. The second-order valence-corrected chi connectivity index (χ2v) is 4.61. The molecule has 0 aromatic carbocycles. The number of halogens is 2. The lowest BCUT2D eigenvalue weighted by Gasteiger charge is -2.30. The fourth-order valence-electron chi connectivity index (χ4n) is 2.12. The summed E-state index contributed by atoms with van der Waals surface area (Å²) in [5.74, 6) is -0.459. The smallest absolute Gasteiger partial charge is 0.272 e. The summed E-state index contributed by atoms with van der Waals surface area (Å²) in [6, 6.07) is 3.03. The first kappa shape index (κ1) is 14.6. The minimum atomic E-state index is -2.63. The third-order valence-electron chi connectivity index (χ3n) is 3.03. The predicted molar refractivity (Wildman–Crippen MR) is 66.9 cm³/mol. The lowest BCUT2D eigenvalue weighted by Crippen LogP contribution is -2.42. The molecule has 1 aliphatic heterocycles. The zero-order chi connectivity index (χ0) is 14.5. The Morgan fingerprint density at radius 3 is 3.10 bits per heavy atom. The predicted octanol–water partition coefficient (Wildman–Crippen LogP) is 1.32. The van der Waals surface area contributed by atoms with Crippen molar-refractivity contribution in [2.45, 2.75) is 25.4 Å². The molecule has 5 nitrogen and oxygen atoms in total. The maximum atomic E-state index is 12.3. The summed E-state index contributed by atoms with van der Waals surface area (Å²) < 4.78 is 29.2. The van der Waals surface area contributed by atoms with Crippen LogP contribution >= 0.6 is 0 Å². The molecule has 0 aliphatic carbocycles. The molecule has 0 radical (unpaired) electrons. The van der Waals surface area contributed by atoms with Crippen molar-refractivity contribution in [3.8, 4) is 5.88 Å². The van der Waals surface area contributed by atoms with Gasteiger partial charge in [-0.1, -0.05) is 0 Å². The summed E-state index contributed by atoms with van der Waals surface area (Å²) in [4.78, 5) is 17.6. The maximum absolute atomic E-state index is 12.3. The van der Waals surface area contributed by atoms with E-state index in [0.717, 1.165) is 0 Å². The SMILES string of the molecule is O=C(c1cccnc1OCC(F)F)N1CCCC(O)C1. The van der Waals surface area contributed by atoms with Crippen molar-refractivity contribution in [1.82, 2.24) is 9.88 Å². The van der Waals surface area contributed by atoms with Crippen LogP contribution in [0.2, 0.25) is 0 Å². The molecule has 2 rings (SSSR count). The van der Waals surface area contributed by atoms with Gasteiger partial charge in [0.25, 0.3) is 12.3 Å². The molecule has 0 bridgehead atoms. The van der Waals surface area contributed by atoms with Crippen LogP contribution < -0.4 is 4.74 Å². The summed E-state index contributed by atoms with van der Waals surface area (Å²) in [6.45, 7) is -0.0407. The Bertz CT molecular complexity index is 471. The molecule has 20 heavy (non-hydrogen) atoms. The van der Waals surface area contributed by atoms with Crippen LogP contribution in [0.15, 0.2) is 18.3 Å². The normalized spacial score (nSPS) is 19.2. The van der Waals surface area contributed by atoms with E-state index in [4.69, 9.17) is 4.74 Å². The third-order valence-corrected chi connectivity index (χ3v) is 3.03. The van der Waals surface area contributed by atoms with Gasteiger partial charge in [0.1, 0.15) is 5.56 Å². The number of hydrogen-bond donors (Lipinski definition) is 1. The average molecular weight is 286 g/mol. The summed E-state index contributed by atoms with van der Waals surface area (Å²) >= 11 is 0. The number of ether oxygens (including phenoxy) is 1. The van der Waals surface area contributed by atoms with E-state index in [0.29, 0.717) is 19.4 Å². The van der Waals surface area contributed by atoms with Crippen molar-refractivity contribution in [3.63, 3.8) is 0 Å². The molecule has 0 saturated carbocycles. The van der Waals surface area contributed by atoms with Crippen molar-refractivity contribution in [2.24, 2.45) is 0 Å². The second-order valence-electron chi connectivity index (χ2n) is 4.61. The van der Waals surface area contributed by atoms with E-state index in [-0.39, 0.29) is 23.9 Å². The average Bonchev–Trinajstić information content (AvgIpc) is 2.44. The molecule has 1 aromatic rings. The lowest BCUT2D eigenvalue weighted by molar-refractivity contribution is 0.0460. The van der Waals surface area contributed by atoms with Gasteiger partial charge in [0.15, 0.2) is 6.61 Å². The number of aromatic nitrogens is 1. The van der Waals surface area contributed by atoms with Crippen LogP contribution in [0, 0.1) is 0 Å². The number of piperidine rings is 1. The van der Waals surface area contributed by atoms with E-state index in [9.17, 15) is 18.7 Å². The van der Waals surface area contributed by atoms with Crippen molar-refractivity contribution >= 4 is 5.91 Å². The van der Waals surface area contributed by atoms with Crippen molar-refractivity contribution in [1.29, 1.82) is 0 Å². The van der Waals surface area contributed by atoms with E-state index in [2.05, 4.69) is 4.98 Å². The zero-order valence-corrected chi connectivity index (χ0v) is 10.8. The van der Waals surface area contributed by atoms with E-state index < -0.39 is 19.1 Å². The molecule has 110 valence electrons. The van der Waals surface area contributed by atoms with Gasteiger partial charge in [-0.15, -0.1) is 0 Å². The van der Waals surface area contributed by atoms with Gasteiger partial charge in [-0.05, 0) is 25.0 Å². The molecule has 0 spiro atoms. The highest BCUT2D eigenvalue weighted by molar-refractivity contribution is 5.96. The fraction of sp³-hybridized carbons (Fsp3) is 0.538. The molecule has 2 heterocycles. The number of aliphatic hydroxyl groups excluding tert-OH is 1. The molecular weight excluding hydrogens is 270 g/mol. The minimum Gasteiger partial charge on any atom is -0.471 e. The summed E-state index contributed by atoms with van der Waals surface area (Å²) in [5.41, 5.74) is 0.141. The number of carbonyl (C=O) groups is 1. The van der Waals surface area contributed by atoms with Gasteiger partial charge in [-0.3, -0.25) is 4.79 Å². The molecule has 1 fully saturated rings. The lowest BCUT2D eigenvalue weighted by atomic mass is 10.1. The molecule has 1 saturated heterocycles. The highest BCUT2D eigenvalue weighted by atomic mass is 19.3. The van der Waals surface area contributed by atoms with Crippen LogP contribution in [-0.4, -0.2) is 53.1 Å².